The van der Waals surface area contributed by atoms with Gasteiger partial charge in [0, 0.05) is 32.3 Å². The maximum Gasteiger partial charge on any atom is 0.191 e. The zero-order valence-electron chi connectivity index (χ0n) is 15.1. The lowest BCUT2D eigenvalue weighted by Crippen LogP contribution is -2.43. The molecule has 2 rings (SSSR count). The Balaban J connectivity index is 1.92. The molecule has 1 aromatic carbocycles. The molecule has 0 unspecified atom stereocenters. The summed E-state index contributed by atoms with van der Waals surface area (Å²) in [4.78, 5) is 4.29. The quantitative estimate of drug-likeness (QED) is 0.629. The lowest BCUT2D eigenvalue weighted by atomic mass is 9.84. The smallest absolute Gasteiger partial charge is 0.191 e. The Labute approximate surface area is 143 Å². The van der Waals surface area contributed by atoms with Gasteiger partial charge in [-0.2, -0.15) is 5.10 Å². The zero-order chi connectivity index (χ0) is 17.6. The Morgan fingerprint density at radius 2 is 1.92 bits per heavy atom. The second kappa shape index (κ2) is 7.86. The highest BCUT2D eigenvalue weighted by atomic mass is 16.5. The van der Waals surface area contributed by atoms with Crippen LogP contribution < -0.4 is 15.4 Å². The van der Waals surface area contributed by atoms with E-state index in [1.807, 2.05) is 29.9 Å². The number of hydrogen-bond donors (Lipinski definition) is 2. The molecule has 2 aromatic rings. The van der Waals surface area contributed by atoms with Crippen molar-refractivity contribution in [2.75, 3.05) is 20.7 Å². The van der Waals surface area contributed by atoms with Gasteiger partial charge in [-0.25, -0.2) is 0 Å². The zero-order valence-corrected chi connectivity index (χ0v) is 15.1. The van der Waals surface area contributed by atoms with Crippen LogP contribution in [0.2, 0.25) is 0 Å². The lowest BCUT2D eigenvalue weighted by molar-refractivity contribution is 0.414. The van der Waals surface area contributed by atoms with Crippen molar-refractivity contribution < 1.29 is 4.74 Å². The van der Waals surface area contributed by atoms with Gasteiger partial charge in [0.2, 0.25) is 0 Å². The summed E-state index contributed by atoms with van der Waals surface area (Å²) < 4.78 is 7.07. The van der Waals surface area contributed by atoms with Gasteiger partial charge in [-0.15, -0.1) is 0 Å². The molecule has 0 atom stereocenters. The maximum absolute atomic E-state index is 5.22. The van der Waals surface area contributed by atoms with E-state index in [0.29, 0.717) is 6.54 Å². The standard InChI is InChI=1S/C18H27N5O/c1-18(2,14-6-8-16(24-5)9-7-14)13-21-17(19-3)20-12-15-10-11-22-23(15)4/h6-11H,12-13H2,1-5H3,(H2,19,20,21). The van der Waals surface area contributed by atoms with Crippen LogP contribution in [0.1, 0.15) is 25.1 Å². The Morgan fingerprint density at radius 1 is 1.21 bits per heavy atom. The van der Waals surface area contributed by atoms with Crippen LogP contribution in [0.25, 0.3) is 0 Å². The summed E-state index contributed by atoms with van der Waals surface area (Å²) in [6.07, 6.45) is 1.79. The fourth-order valence-corrected chi connectivity index (χ4v) is 2.42. The summed E-state index contributed by atoms with van der Waals surface area (Å²) >= 11 is 0. The van der Waals surface area contributed by atoms with Crippen LogP contribution in [-0.4, -0.2) is 36.4 Å². The Morgan fingerprint density at radius 3 is 2.46 bits per heavy atom. The third kappa shape index (κ3) is 4.50. The van der Waals surface area contributed by atoms with Crippen molar-refractivity contribution >= 4 is 5.96 Å². The molecule has 0 radical (unpaired) electrons. The topological polar surface area (TPSA) is 63.5 Å². The first-order valence-corrected chi connectivity index (χ1v) is 8.02. The van der Waals surface area contributed by atoms with Crippen LogP contribution in [0.5, 0.6) is 5.75 Å². The third-order valence-electron chi connectivity index (χ3n) is 4.15. The molecule has 6 nitrogen and oxygen atoms in total. The molecule has 0 aliphatic heterocycles. The van der Waals surface area contributed by atoms with E-state index in [0.717, 1.165) is 23.9 Å². The first-order valence-electron chi connectivity index (χ1n) is 8.02. The minimum absolute atomic E-state index is 0.0313. The number of aryl methyl sites for hydroxylation is 1. The average molecular weight is 329 g/mol. The van der Waals surface area contributed by atoms with Gasteiger partial charge in [0.15, 0.2) is 5.96 Å². The summed E-state index contributed by atoms with van der Waals surface area (Å²) in [5.41, 5.74) is 2.32. The molecule has 0 saturated heterocycles. The molecule has 0 amide bonds. The van der Waals surface area contributed by atoms with E-state index in [1.165, 1.54) is 5.56 Å². The van der Waals surface area contributed by atoms with Gasteiger partial charge >= 0.3 is 0 Å². The van der Waals surface area contributed by atoms with E-state index in [1.54, 1.807) is 20.4 Å². The Hall–Kier alpha value is -2.50. The van der Waals surface area contributed by atoms with Gasteiger partial charge in [-0.05, 0) is 23.8 Å². The van der Waals surface area contributed by atoms with Crippen LogP contribution in [0.15, 0.2) is 41.5 Å². The summed E-state index contributed by atoms with van der Waals surface area (Å²) in [6, 6.07) is 10.2. The van der Waals surface area contributed by atoms with E-state index in [4.69, 9.17) is 4.74 Å². The number of methoxy groups -OCH3 is 1. The molecular weight excluding hydrogens is 302 g/mol. The fraction of sp³-hybridized carbons (Fsp3) is 0.444. The average Bonchev–Trinajstić information content (AvgIpc) is 3.00. The molecule has 0 fully saturated rings. The molecule has 130 valence electrons. The van der Waals surface area contributed by atoms with Crippen LogP contribution >= 0.6 is 0 Å². The maximum atomic E-state index is 5.22. The van der Waals surface area contributed by atoms with Crippen molar-refractivity contribution in [1.82, 2.24) is 20.4 Å². The number of nitrogens with zero attached hydrogens (tertiary/aromatic N) is 3. The third-order valence-corrected chi connectivity index (χ3v) is 4.15. The highest BCUT2D eigenvalue weighted by Gasteiger charge is 2.21. The van der Waals surface area contributed by atoms with E-state index in [-0.39, 0.29) is 5.41 Å². The van der Waals surface area contributed by atoms with E-state index < -0.39 is 0 Å². The van der Waals surface area contributed by atoms with Gasteiger partial charge in [0.1, 0.15) is 5.75 Å². The number of nitrogens with one attached hydrogen (secondary N) is 2. The summed E-state index contributed by atoms with van der Waals surface area (Å²) in [7, 11) is 5.39. The first-order chi connectivity index (χ1) is 11.5. The van der Waals surface area contributed by atoms with Crippen LogP contribution in [-0.2, 0) is 19.0 Å². The van der Waals surface area contributed by atoms with Gasteiger partial charge in [0.05, 0.1) is 19.3 Å². The Kier molecular flexibility index (Phi) is 5.84. The van der Waals surface area contributed by atoms with Gasteiger partial charge < -0.3 is 15.4 Å². The molecule has 0 aliphatic carbocycles. The summed E-state index contributed by atoms with van der Waals surface area (Å²) in [5, 5.41) is 10.9. The van der Waals surface area contributed by atoms with E-state index in [2.05, 4.69) is 46.7 Å². The molecule has 0 saturated carbocycles. The minimum atomic E-state index is -0.0313. The highest BCUT2D eigenvalue weighted by molar-refractivity contribution is 5.79. The summed E-state index contributed by atoms with van der Waals surface area (Å²) in [5.74, 6) is 1.65. The summed E-state index contributed by atoms with van der Waals surface area (Å²) in [6.45, 7) is 5.86. The SMILES string of the molecule is CN=C(NCc1ccnn1C)NCC(C)(C)c1ccc(OC)cc1. The number of hydrogen-bond acceptors (Lipinski definition) is 3. The number of benzene rings is 1. The van der Waals surface area contributed by atoms with Gasteiger partial charge in [-0.3, -0.25) is 9.67 Å². The number of ether oxygens (including phenoxy) is 1. The predicted octanol–water partition coefficient (Wildman–Crippen LogP) is 2.07. The number of aliphatic imine (C=N–C) groups is 1. The van der Waals surface area contributed by atoms with Crippen molar-refractivity contribution in [3.05, 3.63) is 47.8 Å². The van der Waals surface area contributed by atoms with Crippen LogP contribution in [0, 0.1) is 0 Å². The normalized spacial score (nSPS) is 12.1. The monoisotopic (exact) mass is 329 g/mol. The van der Waals surface area contributed by atoms with Crippen LogP contribution in [0.4, 0.5) is 0 Å². The predicted molar refractivity (Wildman–Crippen MR) is 97.4 cm³/mol. The molecule has 0 bridgehead atoms. The van der Waals surface area contributed by atoms with Crippen LogP contribution in [0.3, 0.4) is 0 Å². The molecule has 0 aliphatic rings. The second-order valence-electron chi connectivity index (χ2n) is 6.34. The molecule has 6 heteroatoms. The molecule has 2 N–H and O–H groups in total. The van der Waals surface area contributed by atoms with Crippen molar-refractivity contribution in [3.63, 3.8) is 0 Å². The minimum Gasteiger partial charge on any atom is -0.497 e. The molecule has 0 spiro atoms. The van der Waals surface area contributed by atoms with Crippen molar-refractivity contribution in [1.29, 1.82) is 0 Å². The lowest BCUT2D eigenvalue weighted by Gasteiger charge is -2.27. The van der Waals surface area contributed by atoms with Crippen molar-refractivity contribution in [2.24, 2.45) is 12.0 Å². The Bertz CT molecular complexity index is 673. The van der Waals surface area contributed by atoms with Crippen molar-refractivity contribution in [2.45, 2.75) is 25.8 Å². The molecule has 24 heavy (non-hydrogen) atoms. The second-order valence-corrected chi connectivity index (χ2v) is 6.34. The largest absolute Gasteiger partial charge is 0.497 e. The van der Waals surface area contributed by atoms with Gasteiger partial charge in [-0.1, -0.05) is 26.0 Å². The van der Waals surface area contributed by atoms with Crippen molar-refractivity contribution in [3.8, 4) is 5.75 Å². The first kappa shape index (κ1) is 17.8. The van der Waals surface area contributed by atoms with E-state index >= 15 is 0 Å². The fourth-order valence-electron chi connectivity index (χ4n) is 2.42. The highest BCUT2D eigenvalue weighted by Crippen LogP contribution is 2.24. The van der Waals surface area contributed by atoms with E-state index in [9.17, 15) is 0 Å². The molecular formula is C18H27N5O. The number of guanidine groups is 1. The number of aromatic nitrogens is 2. The van der Waals surface area contributed by atoms with Gasteiger partial charge in [0.25, 0.3) is 0 Å². The molecule has 1 heterocycles. The number of rotatable bonds is 6. The molecule has 1 aromatic heterocycles.